The van der Waals surface area contributed by atoms with Gasteiger partial charge in [0.15, 0.2) is 12.7 Å². The fourth-order valence-electron chi connectivity index (χ4n) is 1.47. The minimum Gasteiger partial charge on any atom is -1.00 e. The molecule has 0 atom stereocenters. The van der Waals surface area contributed by atoms with Crippen molar-refractivity contribution >= 4 is 23.4 Å². The predicted molar refractivity (Wildman–Crippen MR) is 66.8 cm³/mol. The van der Waals surface area contributed by atoms with Crippen molar-refractivity contribution < 1.29 is 17.0 Å². The Morgan fingerprint density at radius 1 is 1.29 bits per heavy atom. The molecule has 0 saturated heterocycles. The molecule has 2 rings (SSSR count). The van der Waals surface area contributed by atoms with Gasteiger partial charge in [0.25, 0.3) is 0 Å². The van der Waals surface area contributed by atoms with Gasteiger partial charge in [0.2, 0.25) is 5.03 Å². The molecule has 0 spiro atoms. The highest BCUT2D eigenvalue weighted by Gasteiger charge is 2.08. The average Bonchev–Trinajstić information content (AvgIpc) is 2.33. The lowest BCUT2D eigenvalue weighted by Gasteiger charge is -2.01. The molecule has 0 aliphatic rings. The second-order valence-electron chi connectivity index (χ2n) is 3.36. The van der Waals surface area contributed by atoms with E-state index in [1.54, 1.807) is 11.8 Å². The number of pyridine rings is 2. The Morgan fingerprint density at radius 3 is 2.76 bits per heavy atom. The van der Waals surface area contributed by atoms with E-state index in [1.807, 2.05) is 30.5 Å². The highest BCUT2D eigenvalue weighted by Crippen LogP contribution is 2.09. The number of aromatic nitrogens is 2. The van der Waals surface area contributed by atoms with Crippen molar-refractivity contribution in [3.05, 3.63) is 53.4 Å². The van der Waals surface area contributed by atoms with Gasteiger partial charge in [-0.2, -0.15) is 4.57 Å². The van der Waals surface area contributed by atoms with Gasteiger partial charge in [-0.15, -0.1) is 0 Å². The highest BCUT2D eigenvalue weighted by atomic mass is 35.5. The number of nitrogens with zero attached hydrogens (tertiary/aromatic N) is 2. The number of thioether (sulfide) groups is 1. The molecule has 90 valence electrons. The van der Waals surface area contributed by atoms with E-state index in [9.17, 15) is 0 Å². The number of hydrogen-bond acceptors (Lipinski definition) is 2. The van der Waals surface area contributed by atoms with Crippen LogP contribution in [0, 0.1) is 0 Å². The first-order valence-corrected chi connectivity index (χ1v) is 6.53. The van der Waals surface area contributed by atoms with Gasteiger partial charge in [0.05, 0.1) is 0 Å². The van der Waals surface area contributed by atoms with Crippen molar-refractivity contribution in [3.8, 4) is 0 Å². The van der Waals surface area contributed by atoms with E-state index >= 15 is 0 Å². The Balaban J connectivity index is 0.00000144. The third kappa shape index (κ3) is 3.87. The average molecular weight is 287 g/mol. The molecule has 0 aromatic carbocycles. The van der Waals surface area contributed by atoms with Crippen LogP contribution in [0.25, 0.3) is 0 Å². The minimum atomic E-state index is 0. The highest BCUT2D eigenvalue weighted by molar-refractivity contribution is 7.98. The van der Waals surface area contributed by atoms with E-state index in [1.165, 1.54) is 5.03 Å². The van der Waals surface area contributed by atoms with Crippen molar-refractivity contribution in [2.45, 2.75) is 11.6 Å². The van der Waals surface area contributed by atoms with Crippen LogP contribution in [-0.4, -0.2) is 11.2 Å². The molecular weight excluding hydrogens is 275 g/mol. The first-order chi connectivity index (χ1) is 7.79. The standard InChI is InChI=1S/C12H12ClN2S.ClH/c1-16-12-4-2-3-7-15(12)9-10-5-6-11(13)14-8-10;/h2-8H,9H2,1H3;1H/q+1;/p-1. The van der Waals surface area contributed by atoms with Gasteiger partial charge < -0.3 is 12.4 Å². The lowest BCUT2D eigenvalue weighted by molar-refractivity contribution is -0.724. The van der Waals surface area contributed by atoms with Crippen LogP contribution < -0.4 is 17.0 Å². The Labute approximate surface area is 116 Å². The van der Waals surface area contributed by atoms with E-state index in [0.717, 1.165) is 12.1 Å². The van der Waals surface area contributed by atoms with Crippen molar-refractivity contribution in [1.29, 1.82) is 0 Å². The maximum absolute atomic E-state index is 5.75. The second kappa shape index (κ2) is 6.84. The normalized spacial score (nSPS) is 9.76. The summed E-state index contributed by atoms with van der Waals surface area (Å²) in [5, 5.41) is 1.77. The monoisotopic (exact) mass is 286 g/mol. The van der Waals surface area contributed by atoms with E-state index in [0.29, 0.717) is 5.15 Å². The van der Waals surface area contributed by atoms with Gasteiger partial charge in [-0.3, -0.25) is 0 Å². The third-order valence-electron chi connectivity index (χ3n) is 2.25. The van der Waals surface area contributed by atoms with Crippen molar-refractivity contribution in [3.63, 3.8) is 0 Å². The van der Waals surface area contributed by atoms with Gasteiger partial charge in [0.1, 0.15) is 5.15 Å². The van der Waals surface area contributed by atoms with Crippen LogP contribution in [0.1, 0.15) is 5.56 Å². The summed E-state index contributed by atoms with van der Waals surface area (Å²) in [7, 11) is 0. The van der Waals surface area contributed by atoms with Gasteiger partial charge in [-0.05, 0) is 24.5 Å². The maximum atomic E-state index is 5.75. The fourth-order valence-corrected chi connectivity index (χ4v) is 2.16. The van der Waals surface area contributed by atoms with E-state index in [2.05, 4.69) is 28.1 Å². The smallest absolute Gasteiger partial charge is 0.240 e. The van der Waals surface area contributed by atoms with E-state index < -0.39 is 0 Å². The molecule has 0 aliphatic heterocycles. The van der Waals surface area contributed by atoms with E-state index in [-0.39, 0.29) is 12.4 Å². The Kier molecular flexibility index (Phi) is 5.75. The molecule has 2 aromatic rings. The molecule has 2 heterocycles. The van der Waals surface area contributed by atoms with Crippen LogP contribution in [0.15, 0.2) is 47.8 Å². The summed E-state index contributed by atoms with van der Waals surface area (Å²) in [6.45, 7) is 0.821. The summed E-state index contributed by atoms with van der Waals surface area (Å²) in [5.41, 5.74) is 1.15. The third-order valence-corrected chi connectivity index (χ3v) is 3.26. The summed E-state index contributed by atoms with van der Waals surface area (Å²) in [6.07, 6.45) is 5.96. The predicted octanol–water partition coefficient (Wildman–Crippen LogP) is -0.203. The summed E-state index contributed by atoms with van der Waals surface area (Å²) < 4.78 is 2.19. The molecule has 5 heteroatoms. The zero-order valence-electron chi connectivity index (χ0n) is 9.31. The van der Waals surface area contributed by atoms with Gasteiger partial charge in [0, 0.05) is 23.9 Å². The lowest BCUT2D eigenvalue weighted by Crippen LogP contribution is -3.00. The maximum Gasteiger partial charge on any atom is 0.240 e. The largest absolute Gasteiger partial charge is 1.00 e. The molecule has 0 bridgehead atoms. The Hall–Kier alpha value is -0.770. The molecule has 0 unspecified atom stereocenters. The quantitative estimate of drug-likeness (QED) is 0.442. The van der Waals surface area contributed by atoms with Crippen LogP contribution in [-0.2, 0) is 6.54 Å². The van der Waals surface area contributed by atoms with Crippen LogP contribution in [0.4, 0.5) is 0 Å². The van der Waals surface area contributed by atoms with Crippen molar-refractivity contribution in [2.24, 2.45) is 0 Å². The zero-order valence-corrected chi connectivity index (χ0v) is 11.6. The summed E-state index contributed by atoms with van der Waals surface area (Å²) >= 11 is 7.49. The Bertz CT molecular complexity index is 474. The first-order valence-electron chi connectivity index (χ1n) is 4.92. The lowest BCUT2D eigenvalue weighted by atomic mass is 10.3. The van der Waals surface area contributed by atoms with Crippen molar-refractivity contribution in [1.82, 2.24) is 4.98 Å². The number of halogens is 2. The molecule has 17 heavy (non-hydrogen) atoms. The van der Waals surface area contributed by atoms with Crippen LogP contribution in [0.3, 0.4) is 0 Å². The summed E-state index contributed by atoms with van der Waals surface area (Å²) in [4.78, 5) is 4.08. The minimum absolute atomic E-state index is 0. The molecule has 0 saturated carbocycles. The number of rotatable bonds is 3. The van der Waals surface area contributed by atoms with Crippen LogP contribution >= 0.6 is 23.4 Å². The topological polar surface area (TPSA) is 16.8 Å². The summed E-state index contributed by atoms with van der Waals surface area (Å²) in [6, 6.07) is 10.00. The van der Waals surface area contributed by atoms with Crippen LogP contribution in [0.5, 0.6) is 0 Å². The second-order valence-corrected chi connectivity index (χ2v) is 4.57. The number of hydrogen-bond donors (Lipinski definition) is 0. The first kappa shape index (κ1) is 14.3. The molecule has 0 radical (unpaired) electrons. The fraction of sp³-hybridized carbons (Fsp3) is 0.167. The van der Waals surface area contributed by atoms with Gasteiger partial charge in [-0.25, -0.2) is 4.98 Å². The van der Waals surface area contributed by atoms with Gasteiger partial charge >= 0.3 is 0 Å². The molecular formula is C12H12Cl2N2S. The SMILES string of the molecule is CSc1cccc[n+]1Cc1ccc(Cl)nc1.[Cl-]. The van der Waals surface area contributed by atoms with Crippen molar-refractivity contribution in [2.75, 3.05) is 6.26 Å². The zero-order chi connectivity index (χ0) is 11.4. The molecule has 0 amide bonds. The molecule has 0 aliphatic carbocycles. The summed E-state index contributed by atoms with van der Waals surface area (Å²) in [5.74, 6) is 0. The van der Waals surface area contributed by atoms with Gasteiger partial charge in [-0.1, -0.05) is 23.4 Å². The van der Waals surface area contributed by atoms with Crippen LogP contribution in [0.2, 0.25) is 5.15 Å². The molecule has 0 fully saturated rings. The molecule has 0 N–H and O–H groups in total. The molecule has 2 aromatic heterocycles. The molecule has 2 nitrogen and oxygen atoms in total. The Morgan fingerprint density at radius 2 is 2.12 bits per heavy atom. The van der Waals surface area contributed by atoms with E-state index in [4.69, 9.17) is 11.6 Å².